The molecule has 0 aliphatic carbocycles. The van der Waals surface area contributed by atoms with Gasteiger partial charge < -0.3 is 14.5 Å². The summed E-state index contributed by atoms with van der Waals surface area (Å²) in [4.78, 5) is 26.6. The molecule has 1 amide bonds. The Labute approximate surface area is 132 Å². The van der Waals surface area contributed by atoms with Gasteiger partial charge in [0.05, 0.1) is 13.3 Å². The van der Waals surface area contributed by atoms with Gasteiger partial charge in [0.2, 0.25) is 5.95 Å². The molecule has 1 rings (SSSR count). The number of methoxy groups -OCH3 is 1. The van der Waals surface area contributed by atoms with Crippen LogP contribution in [0, 0.1) is 0 Å². The highest BCUT2D eigenvalue weighted by Crippen LogP contribution is 2.29. The molecule has 0 unspecified atom stereocenters. The lowest BCUT2D eigenvalue weighted by Crippen LogP contribution is -2.38. The van der Waals surface area contributed by atoms with E-state index in [9.17, 15) is 4.79 Å². The second-order valence-corrected chi connectivity index (χ2v) is 5.38. The minimum atomic E-state index is -0.419. The second kappa shape index (κ2) is 7.82. The molecule has 1 aromatic rings. The first-order chi connectivity index (χ1) is 10.4. The van der Waals surface area contributed by atoms with E-state index in [0.29, 0.717) is 17.5 Å². The summed E-state index contributed by atoms with van der Waals surface area (Å²) >= 11 is 0. The molecule has 0 aromatic carbocycles. The van der Waals surface area contributed by atoms with Crippen LogP contribution in [0.4, 0.5) is 22.2 Å². The van der Waals surface area contributed by atoms with Gasteiger partial charge in [-0.15, -0.1) is 0 Å². The smallest absolute Gasteiger partial charge is 0.414 e. The van der Waals surface area contributed by atoms with Crippen molar-refractivity contribution in [2.24, 2.45) is 0 Å². The highest BCUT2D eigenvalue weighted by Gasteiger charge is 2.25. The summed E-state index contributed by atoms with van der Waals surface area (Å²) in [6.45, 7) is 9.63. The Hall–Kier alpha value is -2.05. The van der Waals surface area contributed by atoms with E-state index in [0.717, 1.165) is 13.1 Å². The van der Waals surface area contributed by atoms with Gasteiger partial charge in [-0.25, -0.2) is 9.78 Å². The topological polar surface area (TPSA) is 61.8 Å². The van der Waals surface area contributed by atoms with Gasteiger partial charge in [0.1, 0.15) is 5.69 Å². The summed E-state index contributed by atoms with van der Waals surface area (Å²) in [5, 5.41) is 0. The normalized spacial score (nSPS) is 10.5. The predicted octanol–water partition coefficient (Wildman–Crippen LogP) is 2.37. The fourth-order valence-electron chi connectivity index (χ4n) is 2.20. The summed E-state index contributed by atoms with van der Waals surface area (Å²) in [5.74, 6) is 1.35. The minimum Gasteiger partial charge on any atom is -0.452 e. The molecular weight excluding hydrogens is 282 g/mol. The molecule has 7 nitrogen and oxygen atoms in total. The number of carbonyl (C=O) groups excluding carboxylic acids is 1. The molecule has 0 atom stereocenters. The molecule has 124 valence electrons. The highest BCUT2D eigenvalue weighted by molar-refractivity contribution is 5.91. The maximum atomic E-state index is 12.1. The Morgan fingerprint density at radius 1 is 1.27 bits per heavy atom. The molecule has 0 aliphatic rings. The molecule has 0 N–H and O–H groups in total. The van der Waals surface area contributed by atoms with E-state index in [-0.39, 0.29) is 6.04 Å². The number of rotatable bonds is 6. The van der Waals surface area contributed by atoms with Crippen LogP contribution in [0.2, 0.25) is 0 Å². The molecule has 0 spiro atoms. The van der Waals surface area contributed by atoms with Gasteiger partial charge in [0, 0.05) is 33.2 Å². The predicted molar refractivity (Wildman–Crippen MR) is 89.9 cm³/mol. The largest absolute Gasteiger partial charge is 0.452 e. The van der Waals surface area contributed by atoms with Gasteiger partial charge in [-0.3, -0.25) is 4.90 Å². The third-order valence-electron chi connectivity index (χ3n) is 3.35. The zero-order chi connectivity index (χ0) is 16.9. The quantitative estimate of drug-likeness (QED) is 0.804. The minimum absolute atomic E-state index is 0.0611. The number of nitrogens with zero attached hydrogens (tertiary/aromatic N) is 5. The second-order valence-electron chi connectivity index (χ2n) is 5.38. The molecule has 1 heterocycles. The zero-order valence-corrected chi connectivity index (χ0v) is 14.6. The van der Waals surface area contributed by atoms with Gasteiger partial charge in [0.15, 0.2) is 5.82 Å². The van der Waals surface area contributed by atoms with Crippen LogP contribution < -0.4 is 14.7 Å². The van der Waals surface area contributed by atoms with E-state index in [1.54, 1.807) is 11.1 Å². The number of amides is 1. The maximum absolute atomic E-state index is 12.1. The SMILES string of the molecule is CCN(CC)c1ncc(N(C(=O)OC)C(C)C)c(N(C)C)n1. The molecule has 0 saturated carbocycles. The van der Waals surface area contributed by atoms with Crippen molar-refractivity contribution >= 4 is 23.5 Å². The van der Waals surface area contributed by atoms with Crippen LogP contribution in [-0.4, -0.2) is 56.4 Å². The summed E-state index contributed by atoms with van der Waals surface area (Å²) in [7, 11) is 5.17. The number of hydrogen-bond donors (Lipinski definition) is 0. The molecule has 7 heteroatoms. The molecular formula is C15H27N5O2. The van der Waals surface area contributed by atoms with Crippen molar-refractivity contribution in [1.82, 2.24) is 9.97 Å². The van der Waals surface area contributed by atoms with Crippen molar-refractivity contribution in [3.05, 3.63) is 6.20 Å². The van der Waals surface area contributed by atoms with Gasteiger partial charge >= 0.3 is 6.09 Å². The van der Waals surface area contributed by atoms with Crippen LogP contribution >= 0.6 is 0 Å². The molecule has 0 bridgehead atoms. The van der Waals surface area contributed by atoms with Crippen LogP contribution in [0.15, 0.2) is 6.20 Å². The van der Waals surface area contributed by atoms with Crippen LogP contribution in [0.1, 0.15) is 27.7 Å². The van der Waals surface area contributed by atoms with Crippen LogP contribution in [0.25, 0.3) is 0 Å². The molecule has 1 aromatic heterocycles. The first-order valence-corrected chi connectivity index (χ1v) is 7.53. The van der Waals surface area contributed by atoms with E-state index in [4.69, 9.17) is 4.74 Å². The van der Waals surface area contributed by atoms with Crippen LogP contribution in [0.5, 0.6) is 0 Å². The summed E-state index contributed by atoms with van der Waals surface area (Å²) < 4.78 is 4.89. The van der Waals surface area contributed by atoms with Crippen molar-refractivity contribution in [3.8, 4) is 0 Å². The number of hydrogen-bond acceptors (Lipinski definition) is 6. The summed E-state index contributed by atoms with van der Waals surface area (Å²) in [5.41, 5.74) is 0.641. The van der Waals surface area contributed by atoms with E-state index < -0.39 is 6.09 Å². The number of aromatic nitrogens is 2. The Morgan fingerprint density at radius 2 is 1.86 bits per heavy atom. The molecule has 0 aliphatic heterocycles. The summed E-state index contributed by atoms with van der Waals surface area (Å²) in [6.07, 6.45) is 1.27. The van der Waals surface area contributed by atoms with Gasteiger partial charge in [-0.2, -0.15) is 4.98 Å². The Balaban J connectivity index is 3.38. The van der Waals surface area contributed by atoms with E-state index in [2.05, 4.69) is 28.7 Å². The van der Waals surface area contributed by atoms with Crippen LogP contribution in [-0.2, 0) is 4.74 Å². The number of ether oxygens (including phenoxy) is 1. The molecule has 0 fully saturated rings. The van der Waals surface area contributed by atoms with E-state index >= 15 is 0 Å². The Kier molecular flexibility index (Phi) is 6.39. The standard InChI is InChI=1S/C15H27N5O2/c1-8-19(9-2)14-16-10-12(13(17-14)18(5)6)20(11(3)4)15(21)22-7/h10-11H,8-9H2,1-7H3. The van der Waals surface area contributed by atoms with E-state index in [1.165, 1.54) is 7.11 Å². The first kappa shape index (κ1) is 18.0. The lowest BCUT2D eigenvalue weighted by molar-refractivity contribution is 0.177. The third-order valence-corrected chi connectivity index (χ3v) is 3.35. The van der Waals surface area contributed by atoms with Crippen molar-refractivity contribution < 1.29 is 9.53 Å². The van der Waals surface area contributed by atoms with Gasteiger partial charge in [-0.05, 0) is 27.7 Å². The van der Waals surface area contributed by atoms with Crippen LogP contribution in [0.3, 0.4) is 0 Å². The monoisotopic (exact) mass is 309 g/mol. The maximum Gasteiger partial charge on any atom is 0.414 e. The lowest BCUT2D eigenvalue weighted by atomic mass is 10.3. The average Bonchev–Trinajstić information content (AvgIpc) is 2.48. The van der Waals surface area contributed by atoms with Gasteiger partial charge in [-0.1, -0.05) is 0 Å². The summed E-state index contributed by atoms with van der Waals surface area (Å²) in [6, 6.07) is -0.0611. The molecule has 0 radical (unpaired) electrons. The van der Waals surface area contributed by atoms with Crippen molar-refractivity contribution in [1.29, 1.82) is 0 Å². The Morgan fingerprint density at radius 3 is 2.27 bits per heavy atom. The van der Waals surface area contributed by atoms with E-state index in [1.807, 2.05) is 32.8 Å². The van der Waals surface area contributed by atoms with Crippen molar-refractivity contribution in [2.75, 3.05) is 49.0 Å². The number of anilines is 3. The fourth-order valence-corrected chi connectivity index (χ4v) is 2.20. The average molecular weight is 309 g/mol. The highest BCUT2D eigenvalue weighted by atomic mass is 16.5. The fraction of sp³-hybridized carbons (Fsp3) is 0.667. The lowest BCUT2D eigenvalue weighted by Gasteiger charge is -2.29. The molecule has 0 saturated heterocycles. The van der Waals surface area contributed by atoms with Gasteiger partial charge in [0.25, 0.3) is 0 Å². The molecule has 22 heavy (non-hydrogen) atoms. The third kappa shape index (κ3) is 3.78. The van der Waals surface area contributed by atoms with Crippen molar-refractivity contribution in [2.45, 2.75) is 33.7 Å². The zero-order valence-electron chi connectivity index (χ0n) is 14.6. The Bertz CT molecular complexity index is 501. The van der Waals surface area contributed by atoms with Crippen molar-refractivity contribution in [3.63, 3.8) is 0 Å². The number of carbonyl (C=O) groups is 1. The first-order valence-electron chi connectivity index (χ1n) is 7.53.